The van der Waals surface area contributed by atoms with Gasteiger partial charge in [0.2, 0.25) is 0 Å². The molecule has 0 aliphatic carbocycles. The van der Waals surface area contributed by atoms with Gasteiger partial charge in [0.25, 0.3) is 0 Å². The molecule has 1 atom stereocenters. The summed E-state index contributed by atoms with van der Waals surface area (Å²) >= 11 is 0. The van der Waals surface area contributed by atoms with Gasteiger partial charge in [-0.15, -0.1) is 0 Å². The highest BCUT2D eigenvalue weighted by Gasteiger charge is 2.19. The van der Waals surface area contributed by atoms with Crippen molar-refractivity contribution < 1.29 is 4.79 Å². The van der Waals surface area contributed by atoms with E-state index >= 15 is 0 Å². The van der Waals surface area contributed by atoms with Gasteiger partial charge in [-0.3, -0.25) is 0 Å². The Kier molecular flexibility index (Phi) is 3.83. The van der Waals surface area contributed by atoms with Crippen LogP contribution < -0.4 is 10.6 Å². The average Bonchev–Trinajstić information content (AvgIpc) is 2.29. The lowest BCUT2D eigenvalue weighted by Gasteiger charge is -2.30. The predicted molar refractivity (Wildman–Crippen MR) is 59.8 cm³/mol. The van der Waals surface area contributed by atoms with Crippen molar-refractivity contribution in [2.24, 2.45) is 0 Å². The monoisotopic (exact) mass is 211 g/mol. The van der Waals surface area contributed by atoms with Crippen molar-refractivity contribution in [2.75, 3.05) is 26.2 Å². The van der Waals surface area contributed by atoms with E-state index in [9.17, 15) is 4.79 Å². The van der Waals surface area contributed by atoms with Gasteiger partial charge in [-0.2, -0.15) is 0 Å². The first-order valence-electron chi connectivity index (χ1n) is 6.12. The Bertz CT molecular complexity index is 214. The number of hydrogen-bond donors (Lipinski definition) is 2. The highest BCUT2D eigenvalue weighted by Crippen LogP contribution is 2.11. The maximum absolute atomic E-state index is 11.5. The smallest absolute Gasteiger partial charge is 0.317 e. The van der Waals surface area contributed by atoms with Crippen LogP contribution in [0.5, 0.6) is 0 Å². The zero-order chi connectivity index (χ0) is 10.5. The van der Waals surface area contributed by atoms with Crippen LogP contribution in [0.3, 0.4) is 0 Å². The van der Waals surface area contributed by atoms with E-state index in [2.05, 4.69) is 10.6 Å². The van der Waals surface area contributed by atoms with Crippen LogP contribution in [0.4, 0.5) is 4.79 Å². The third kappa shape index (κ3) is 3.09. The Labute approximate surface area is 91.4 Å². The van der Waals surface area contributed by atoms with Crippen molar-refractivity contribution in [3.05, 3.63) is 0 Å². The average molecular weight is 211 g/mol. The molecule has 0 saturated carbocycles. The fourth-order valence-corrected chi connectivity index (χ4v) is 2.37. The molecule has 0 spiro atoms. The molecule has 0 radical (unpaired) electrons. The SMILES string of the molecule is O=C1NCCCN1CCC1CCCCN1. The standard InChI is InChI=1S/C11H21N3O/c15-11-13-7-3-8-14(11)9-5-10-4-1-2-6-12-10/h10,12H,1-9H2,(H,13,15). The lowest BCUT2D eigenvalue weighted by molar-refractivity contribution is 0.181. The second kappa shape index (κ2) is 5.35. The number of hydrogen-bond acceptors (Lipinski definition) is 2. The Morgan fingerprint density at radius 3 is 2.93 bits per heavy atom. The number of nitrogens with one attached hydrogen (secondary N) is 2. The highest BCUT2D eigenvalue weighted by molar-refractivity contribution is 5.74. The zero-order valence-corrected chi connectivity index (χ0v) is 9.30. The van der Waals surface area contributed by atoms with E-state index in [1.165, 1.54) is 19.3 Å². The molecule has 4 nitrogen and oxygen atoms in total. The molecular formula is C11H21N3O. The number of carbonyl (C=O) groups is 1. The van der Waals surface area contributed by atoms with E-state index in [0.717, 1.165) is 39.0 Å². The van der Waals surface area contributed by atoms with Crippen molar-refractivity contribution >= 4 is 6.03 Å². The minimum Gasteiger partial charge on any atom is -0.338 e. The van der Waals surface area contributed by atoms with Crippen LogP contribution in [0.1, 0.15) is 32.1 Å². The van der Waals surface area contributed by atoms with Gasteiger partial charge in [0, 0.05) is 25.7 Å². The minimum atomic E-state index is 0.122. The van der Waals surface area contributed by atoms with Crippen LogP contribution in [-0.2, 0) is 0 Å². The Morgan fingerprint density at radius 1 is 1.27 bits per heavy atom. The molecule has 2 rings (SSSR count). The van der Waals surface area contributed by atoms with Crippen molar-refractivity contribution in [3.63, 3.8) is 0 Å². The van der Waals surface area contributed by atoms with E-state index in [1.54, 1.807) is 0 Å². The molecule has 4 heteroatoms. The summed E-state index contributed by atoms with van der Waals surface area (Å²) in [5.41, 5.74) is 0. The first-order chi connectivity index (χ1) is 7.36. The van der Waals surface area contributed by atoms with Crippen LogP contribution in [-0.4, -0.2) is 43.2 Å². The second-order valence-electron chi connectivity index (χ2n) is 4.51. The lowest BCUT2D eigenvalue weighted by Crippen LogP contribution is -2.48. The van der Waals surface area contributed by atoms with Crippen molar-refractivity contribution in [3.8, 4) is 0 Å². The summed E-state index contributed by atoms with van der Waals surface area (Å²) < 4.78 is 0. The normalized spacial score (nSPS) is 27.6. The molecule has 0 bridgehead atoms. The van der Waals surface area contributed by atoms with Crippen LogP contribution in [0.25, 0.3) is 0 Å². The van der Waals surface area contributed by atoms with Gasteiger partial charge in [-0.05, 0) is 32.2 Å². The topological polar surface area (TPSA) is 44.4 Å². The van der Waals surface area contributed by atoms with Crippen LogP contribution in [0.15, 0.2) is 0 Å². The lowest BCUT2D eigenvalue weighted by atomic mass is 10.0. The largest absolute Gasteiger partial charge is 0.338 e. The number of urea groups is 1. The molecule has 2 fully saturated rings. The number of carbonyl (C=O) groups excluding carboxylic acids is 1. The Hall–Kier alpha value is -0.770. The summed E-state index contributed by atoms with van der Waals surface area (Å²) in [6.45, 7) is 3.83. The van der Waals surface area contributed by atoms with Gasteiger partial charge in [0.15, 0.2) is 0 Å². The van der Waals surface area contributed by atoms with Gasteiger partial charge in [0.05, 0.1) is 0 Å². The quantitative estimate of drug-likeness (QED) is 0.729. The summed E-state index contributed by atoms with van der Waals surface area (Å²) in [7, 11) is 0. The molecule has 2 saturated heterocycles. The molecule has 0 aromatic heterocycles. The Balaban J connectivity index is 1.69. The summed E-state index contributed by atoms with van der Waals surface area (Å²) in [4.78, 5) is 13.4. The van der Waals surface area contributed by atoms with Crippen molar-refractivity contribution in [1.29, 1.82) is 0 Å². The molecule has 1 unspecified atom stereocenters. The summed E-state index contributed by atoms with van der Waals surface area (Å²) in [5.74, 6) is 0. The maximum atomic E-state index is 11.5. The molecule has 2 amide bonds. The van der Waals surface area contributed by atoms with Gasteiger partial charge >= 0.3 is 6.03 Å². The fraction of sp³-hybridized carbons (Fsp3) is 0.909. The molecular weight excluding hydrogens is 190 g/mol. The van der Waals surface area contributed by atoms with Gasteiger partial charge < -0.3 is 15.5 Å². The van der Waals surface area contributed by atoms with Crippen LogP contribution in [0.2, 0.25) is 0 Å². The van der Waals surface area contributed by atoms with E-state index in [0.29, 0.717) is 6.04 Å². The van der Waals surface area contributed by atoms with Gasteiger partial charge in [-0.25, -0.2) is 4.79 Å². The summed E-state index contributed by atoms with van der Waals surface area (Å²) in [6, 6.07) is 0.755. The summed E-state index contributed by atoms with van der Waals surface area (Å²) in [6.07, 6.45) is 6.11. The zero-order valence-electron chi connectivity index (χ0n) is 9.30. The molecule has 2 aliphatic rings. The first-order valence-corrected chi connectivity index (χ1v) is 6.12. The first kappa shape index (κ1) is 10.7. The second-order valence-corrected chi connectivity index (χ2v) is 4.51. The predicted octanol–water partition coefficient (Wildman–Crippen LogP) is 0.934. The molecule has 86 valence electrons. The van der Waals surface area contributed by atoms with Crippen molar-refractivity contribution in [1.82, 2.24) is 15.5 Å². The highest BCUT2D eigenvalue weighted by atomic mass is 16.2. The maximum Gasteiger partial charge on any atom is 0.317 e. The summed E-state index contributed by atoms with van der Waals surface area (Å²) in [5, 5.41) is 6.40. The molecule has 15 heavy (non-hydrogen) atoms. The van der Waals surface area contributed by atoms with Crippen molar-refractivity contribution in [2.45, 2.75) is 38.1 Å². The third-order valence-corrected chi connectivity index (χ3v) is 3.33. The van der Waals surface area contributed by atoms with E-state index < -0.39 is 0 Å². The number of piperidine rings is 1. The molecule has 0 aromatic carbocycles. The molecule has 2 N–H and O–H groups in total. The molecule has 0 aromatic rings. The van der Waals surface area contributed by atoms with Gasteiger partial charge in [-0.1, -0.05) is 6.42 Å². The fourth-order valence-electron chi connectivity index (χ4n) is 2.37. The minimum absolute atomic E-state index is 0.122. The number of nitrogens with zero attached hydrogens (tertiary/aromatic N) is 1. The van der Waals surface area contributed by atoms with E-state index in [4.69, 9.17) is 0 Å². The number of rotatable bonds is 3. The molecule has 2 aliphatic heterocycles. The van der Waals surface area contributed by atoms with E-state index in [1.807, 2.05) is 4.90 Å². The van der Waals surface area contributed by atoms with E-state index in [-0.39, 0.29) is 6.03 Å². The van der Waals surface area contributed by atoms with Crippen LogP contribution >= 0.6 is 0 Å². The molecule has 2 heterocycles. The number of amides is 2. The van der Waals surface area contributed by atoms with Crippen LogP contribution in [0, 0.1) is 0 Å². The Morgan fingerprint density at radius 2 is 2.20 bits per heavy atom. The van der Waals surface area contributed by atoms with Gasteiger partial charge in [0.1, 0.15) is 0 Å². The third-order valence-electron chi connectivity index (χ3n) is 3.33.